The number of hydrogen-bond acceptors (Lipinski definition) is 7. The second-order valence-electron chi connectivity index (χ2n) is 5.86. The third kappa shape index (κ3) is 2.74. The Kier molecular flexibility index (Phi) is 3.94. The summed E-state index contributed by atoms with van der Waals surface area (Å²) < 4.78 is 4.79. The highest BCUT2D eigenvalue weighted by atomic mass is 16.5. The molecule has 3 rings (SSSR count). The molecule has 1 aromatic carbocycles. The second-order valence-corrected chi connectivity index (χ2v) is 5.86. The van der Waals surface area contributed by atoms with Gasteiger partial charge in [0, 0.05) is 5.69 Å². The van der Waals surface area contributed by atoms with Crippen LogP contribution in [0, 0.1) is 0 Å². The van der Waals surface area contributed by atoms with Gasteiger partial charge in [-0.3, -0.25) is 4.90 Å². The van der Waals surface area contributed by atoms with E-state index >= 15 is 0 Å². The average molecular weight is 315 g/mol. The molecule has 1 aliphatic carbocycles. The van der Waals surface area contributed by atoms with E-state index < -0.39 is 5.66 Å². The molecule has 0 amide bonds. The number of carbonyl (C=O) groups excluding carboxylic acids is 1. The molecule has 0 bridgehead atoms. The fourth-order valence-electron chi connectivity index (χ4n) is 3.38. The summed E-state index contributed by atoms with van der Waals surface area (Å²) >= 11 is 0. The van der Waals surface area contributed by atoms with Gasteiger partial charge in [-0.25, -0.2) is 9.79 Å². The van der Waals surface area contributed by atoms with Crippen molar-refractivity contribution in [2.45, 2.75) is 37.8 Å². The van der Waals surface area contributed by atoms with Crippen molar-refractivity contribution < 1.29 is 9.53 Å². The first-order valence-corrected chi connectivity index (χ1v) is 7.74. The molecular formula is C16H21N5O2. The highest BCUT2D eigenvalue weighted by Crippen LogP contribution is 2.39. The number of methoxy groups -OCH3 is 1. The third-order valence-corrected chi connectivity index (χ3v) is 4.38. The van der Waals surface area contributed by atoms with Crippen LogP contribution < -0.4 is 16.4 Å². The quantitative estimate of drug-likeness (QED) is 0.806. The lowest BCUT2D eigenvalue weighted by Crippen LogP contribution is -2.58. The molecule has 1 aliphatic heterocycles. The van der Waals surface area contributed by atoms with Crippen molar-refractivity contribution in [1.82, 2.24) is 0 Å². The minimum Gasteiger partial charge on any atom is -0.465 e. The smallest absolute Gasteiger partial charge is 0.337 e. The number of carbonyl (C=O) groups is 1. The van der Waals surface area contributed by atoms with Gasteiger partial charge in [0.05, 0.1) is 12.7 Å². The van der Waals surface area contributed by atoms with E-state index in [1.807, 2.05) is 11.0 Å². The minimum absolute atomic E-state index is 0.213. The van der Waals surface area contributed by atoms with E-state index in [4.69, 9.17) is 16.2 Å². The zero-order valence-electron chi connectivity index (χ0n) is 13.2. The molecule has 0 radical (unpaired) electrons. The van der Waals surface area contributed by atoms with Gasteiger partial charge in [0.25, 0.3) is 0 Å². The van der Waals surface area contributed by atoms with Crippen LogP contribution in [0.3, 0.4) is 0 Å². The zero-order chi connectivity index (χ0) is 16.4. The summed E-state index contributed by atoms with van der Waals surface area (Å²) in [6.45, 7) is 0. The van der Waals surface area contributed by atoms with Gasteiger partial charge in [0.15, 0.2) is 0 Å². The molecule has 0 aromatic heterocycles. The normalized spacial score (nSPS) is 20.0. The Labute approximate surface area is 135 Å². The van der Waals surface area contributed by atoms with E-state index in [-0.39, 0.29) is 11.9 Å². The maximum absolute atomic E-state index is 11.8. The molecule has 0 unspecified atom stereocenters. The second kappa shape index (κ2) is 5.91. The molecule has 2 aliphatic rings. The summed E-state index contributed by atoms with van der Waals surface area (Å²) in [6.07, 6.45) is 4.98. The van der Waals surface area contributed by atoms with E-state index in [2.05, 4.69) is 9.98 Å². The van der Waals surface area contributed by atoms with Gasteiger partial charge >= 0.3 is 5.97 Å². The number of aliphatic imine (C=N–C) groups is 2. The van der Waals surface area contributed by atoms with Crippen molar-refractivity contribution in [2.24, 2.45) is 21.5 Å². The predicted molar refractivity (Wildman–Crippen MR) is 89.3 cm³/mol. The third-order valence-electron chi connectivity index (χ3n) is 4.38. The fourth-order valence-corrected chi connectivity index (χ4v) is 3.38. The maximum atomic E-state index is 11.8. The summed E-state index contributed by atoms with van der Waals surface area (Å²) in [5, 5.41) is 0. The summed E-state index contributed by atoms with van der Waals surface area (Å²) in [4.78, 5) is 22.4. The van der Waals surface area contributed by atoms with Crippen molar-refractivity contribution in [2.75, 3.05) is 12.0 Å². The lowest BCUT2D eigenvalue weighted by Gasteiger charge is -2.45. The summed E-state index contributed by atoms with van der Waals surface area (Å²) in [6, 6.07) is 7.15. The number of nitrogens with two attached hydrogens (primary N) is 2. The van der Waals surface area contributed by atoms with Crippen LogP contribution in [0.2, 0.25) is 0 Å². The molecule has 0 saturated heterocycles. The highest BCUT2D eigenvalue weighted by molar-refractivity contribution is 6.06. The number of benzene rings is 1. The maximum Gasteiger partial charge on any atom is 0.337 e. The first kappa shape index (κ1) is 15.3. The zero-order valence-corrected chi connectivity index (χ0v) is 13.2. The van der Waals surface area contributed by atoms with Crippen LogP contribution in [-0.2, 0) is 4.74 Å². The van der Waals surface area contributed by atoms with Gasteiger partial charge in [-0.2, -0.15) is 4.99 Å². The van der Waals surface area contributed by atoms with Crippen molar-refractivity contribution >= 4 is 23.6 Å². The van der Waals surface area contributed by atoms with Gasteiger partial charge in [0.2, 0.25) is 11.9 Å². The summed E-state index contributed by atoms with van der Waals surface area (Å²) in [7, 11) is 1.36. The highest BCUT2D eigenvalue weighted by Gasteiger charge is 2.42. The molecule has 7 nitrogen and oxygen atoms in total. The predicted octanol–water partition coefficient (Wildman–Crippen LogP) is 1.58. The number of nitrogens with zero attached hydrogens (tertiary/aromatic N) is 3. The standard InChI is InChI=1S/C16H21N5O2/c1-23-13(22)11-6-5-7-12(10-11)21-15(18)19-14(17)20-16(21)8-3-2-4-9-16/h5-7,10H,2-4,8-9H2,1H3,(H4,17,18,19,20). The molecule has 1 fully saturated rings. The molecule has 1 aromatic rings. The van der Waals surface area contributed by atoms with Crippen LogP contribution >= 0.6 is 0 Å². The van der Waals surface area contributed by atoms with E-state index in [1.54, 1.807) is 18.2 Å². The van der Waals surface area contributed by atoms with Crippen LogP contribution in [0.25, 0.3) is 0 Å². The molecule has 0 atom stereocenters. The minimum atomic E-state index is -0.511. The van der Waals surface area contributed by atoms with Gasteiger partial charge in [-0.05, 0) is 43.9 Å². The fraction of sp³-hybridized carbons (Fsp3) is 0.438. The van der Waals surface area contributed by atoms with Crippen LogP contribution in [0.1, 0.15) is 42.5 Å². The van der Waals surface area contributed by atoms with E-state index in [0.717, 1.165) is 31.4 Å². The Bertz CT molecular complexity index is 677. The Balaban J connectivity index is 2.05. The first-order chi connectivity index (χ1) is 11.1. The number of anilines is 1. The van der Waals surface area contributed by atoms with Crippen molar-refractivity contribution in [3.63, 3.8) is 0 Å². The van der Waals surface area contributed by atoms with Crippen LogP contribution in [0.5, 0.6) is 0 Å². The van der Waals surface area contributed by atoms with E-state index in [1.165, 1.54) is 13.5 Å². The molecule has 1 spiro atoms. The van der Waals surface area contributed by atoms with E-state index in [9.17, 15) is 4.79 Å². The molecule has 1 saturated carbocycles. The SMILES string of the molecule is COC(=O)c1cccc(N2C(N)=NC(N)=NC23CCCCC3)c1. The van der Waals surface area contributed by atoms with Gasteiger partial charge in [0.1, 0.15) is 5.66 Å². The lowest BCUT2D eigenvalue weighted by molar-refractivity contribution is 0.0600. The van der Waals surface area contributed by atoms with Crippen molar-refractivity contribution in [3.8, 4) is 0 Å². The Morgan fingerprint density at radius 2 is 2.00 bits per heavy atom. The molecular weight excluding hydrogens is 294 g/mol. The molecule has 7 heteroatoms. The Morgan fingerprint density at radius 3 is 2.70 bits per heavy atom. The lowest BCUT2D eigenvalue weighted by atomic mass is 9.87. The molecule has 23 heavy (non-hydrogen) atoms. The van der Waals surface area contributed by atoms with Crippen molar-refractivity contribution in [3.05, 3.63) is 29.8 Å². The van der Waals surface area contributed by atoms with Gasteiger partial charge in [-0.15, -0.1) is 0 Å². The number of ether oxygens (including phenoxy) is 1. The van der Waals surface area contributed by atoms with E-state index in [0.29, 0.717) is 11.5 Å². The monoisotopic (exact) mass is 315 g/mol. The summed E-state index contributed by atoms with van der Waals surface area (Å²) in [5.74, 6) is 0.131. The molecule has 122 valence electrons. The first-order valence-electron chi connectivity index (χ1n) is 7.74. The van der Waals surface area contributed by atoms with Crippen LogP contribution in [0.15, 0.2) is 34.3 Å². The number of rotatable bonds is 2. The molecule has 4 N–H and O–H groups in total. The van der Waals surface area contributed by atoms with Crippen LogP contribution in [-0.4, -0.2) is 30.7 Å². The number of esters is 1. The Morgan fingerprint density at radius 1 is 1.26 bits per heavy atom. The molecule has 1 heterocycles. The number of hydrogen-bond donors (Lipinski definition) is 2. The summed E-state index contributed by atoms with van der Waals surface area (Å²) in [5.41, 5.74) is 12.7. The van der Waals surface area contributed by atoms with Gasteiger partial charge < -0.3 is 16.2 Å². The average Bonchev–Trinajstić information content (AvgIpc) is 2.54. The van der Waals surface area contributed by atoms with Gasteiger partial charge in [-0.1, -0.05) is 12.5 Å². The van der Waals surface area contributed by atoms with Crippen molar-refractivity contribution in [1.29, 1.82) is 0 Å². The number of guanidine groups is 2. The topological polar surface area (TPSA) is 106 Å². The Hall–Kier alpha value is -2.57. The van der Waals surface area contributed by atoms with Crippen LogP contribution in [0.4, 0.5) is 5.69 Å². The largest absolute Gasteiger partial charge is 0.465 e.